The van der Waals surface area contributed by atoms with E-state index in [9.17, 15) is 9.90 Å². The van der Waals surface area contributed by atoms with E-state index in [0.29, 0.717) is 5.56 Å². The SMILES string of the molecule is CSc1ccc(C(=O)NC2CCCCCC2CO)cn1. The molecule has 20 heavy (non-hydrogen) atoms. The Balaban J connectivity index is 2.00. The fourth-order valence-electron chi connectivity index (χ4n) is 2.68. The molecule has 2 rings (SSSR count). The van der Waals surface area contributed by atoms with Crippen molar-refractivity contribution < 1.29 is 9.90 Å². The van der Waals surface area contributed by atoms with E-state index in [-0.39, 0.29) is 24.5 Å². The van der Waals surface area contributed by atoms with Crippen molar-refractivity contribution in [3.05, 3.63) is 23.9 Å². The van der Waals surface area contributed by atoms with E-state index >= 15 is 0 Å². The lowest BCUT2D eigenvalue weighted by Crippen LogP contribution is -2.41. The summed E-state index contributed by atoms with van der Waals surface area (Å²) >= 11 is 1.56. The van der Waals surface area contributed by atoms with Gasteiger partial charge in [-0.3, -0.25) is 4.79 Å². The molecule has 2 atom stereocenters. The van der Waals surface area contributed by atoms with E-state index in [1.165, 1.54) is 6.42 Å². The van der Waals surface area contributed by atoms with E-state index in [1.807, 2.05) is 12.3 Å². The summed E-state index contributed by atoms with van der Waals surface area (Å²) in [6, 6.07) is 3.74. The summed E-state index contributed by atoms with van der Waals surface area (Å²) < 4.78 is 0. The summed E-state index contributed by atoms with van der Waals surface area (Å²) in [5, 5.41) is 13.4. The molecule has 0 saturated heterocycles. The van der Waals surface area contributed by atoms with Crippen molar-refractivity contribution in [2.75, 3.05) is 12.9 Å². The standard InChI is InChI=1S/C15H22N2O2S/c1-20-14-8-7-11(9-16-14)15(19)17-13-6-4-2-3-5-12(13)10-18/h7-9,12-13,18H,2-6,10H2,1H3,(H,17,19). The number of nitrogens with one attached hydrogen (secondary N) is 1. The first-order valence-electron chi connectivity index (χ1n) is 7.16. The zero-order valence-corrected chi connectivity index (χ0v) is 12.7. The molecule has 1 amide bonds. The molecule has 1 aromatic heterocycles. The van der Waals surface area contributed by atoms with Crippen LogP contribution in [0.4, 0.5) is 0 Å². The summed E-state index contributed by atoms with van der Waals surface area (Å²) in [5.74, 6) is 0.0929. The molecule has 1 saturated carbocycles. The second-order valence-corrected chi connectivity index (χ2v) is 6.08. The molecule has 0 aliphatic heterocycles. The number of rotatable bonds is 4. The van der Waals surface area contributed by atoms with Gasteiger partial charge in [-0.1, -0.05) is 19.3 Å². The lowest BCUT2D eigenvalue weighted by Gasteiger charge is -2.24. The van der Waals surface area contributed by atoms with Crippen LogP contribution in [0.3, 0.4) is 0 Å². The third kappa shape index (κ3) is 3.96. The van der Waals surface area contributed by atoms with Gasteiger partial charge in [0.1, 0.15) is 0 Å². The molecule has 0 spiro atoms. The molecule has 1 aliphatic carbocycles. The number of aliphatic hydroxyl groups is 1. The number of thioether (sulfide) groups is 1. The van der Waals surface area contributed by atoms with Gasteiger partial charge in [-0.25, -0.2) is 4.98 Å². The van der Waals surface area contributed by atoms with Gasteiger partial charge in [0, 0.05) is 24.8 Å². The largest absolute Gasteiger partial charge is 0.396 e. The summed E-state index contributed by atoms with van der Waals surface area (Å²) in [7, 11) is 0. The predicted molar refractivity (Wildman–Crippen MR) is 80.9 cm³/mol. The highest BCUT2D eigenvalue weighted by molar-refractivity contribution is 7.98. The fourth-order valence-corrected chi connectivity index (χ4v) is 3.04. The van der Waals surface area contributed by atoms with Gasteiger partial charge in [-0.2, -0.15) is 0 Å². The fraction of sp³-hybridized carbons (Fsp3) is 0.600. The first-order valence-corrected chi connectivity index (χ1v) is 8.39. The number of aromatic nitrogens is 1. The van der Waals surface area contributed by atoms with E-state index in [4.69, 9.17) is 0 Å². The molecular weight excluding hydrogens is 272 g/mol. The highest BCUT2D eigenvalue weighted by Gasteiger charge is 2.24. The van der Waals surface area contributed by atoms with Gasteiger partial charge >= 0.3 is 0 Å². The highest BCUT2D eigenvalue weighted by atomic mass is 32.2. The smallest absolute Gasteiger partial charge is 0.253 e. The Labute approximate surface area is 124 Å². The number of nitrogens with zero attached hydrogens (tertiary/aromatic N) is 1. The Morgan fingerprint density at radius 2 is 2.20 bits per heavy atom. The van der Waals surface area contributed by atoms with Crippen LogP contribution in [0.2, 0.25) is 0 Å². The van der Waals surface area contributed by atoms with Crippen LogP contribution in [0, 0.1) is 5.92 Å². The topological polar surface area (TPSA) is 62.2 Å². The normalized spacial score (nSPS) is 23.1. The molecule has 1 aromatic rings. The maximum Gasteiger partial charge on any atom is 0.253 e. The van der Waals surface area contributed by atoms with Crippen molar-refractivity contribution >= 4 is 17.7 Å². The summed E-state index contributed by atoms with van der Waals surface area (Å²) in [4.78, 5) is 16.5. The van der Waals surface area contributed by atoms with Crippen molar-refractivity contribution in [1.82, 2.24) is 10.3 Å². The molecule has 0 aromatic carbocycles. The Bertz CT molecular complexity index is 436. The van der Waals surface area contributed by atoms with Crippen LogP contribution >= 0.6 is 11.8 Å². The third-order valence-corrected chi connectivity index (χ3v) is 4.58. The van der Waals surface area contributed by atoms with E-state index in [0.717, 1.165) is 30.7 Å². The van der Waals surface area contributed by atoms with Crippen LogP contribution < -0.4 is 5.32 Å². The number of carbonyl (C=O) groups excluding carboxylic acids is 1. The van der Waals surface area contributed by atoms with Gasteiger partial charge < -0.3 is 10.4 Å². The minimum atomic E-state index is -0.0875. The molecule has 2 N–H and O–H groups in total. The first-order chi connectivity index (χ1) is 9.74. The molecule has 0 bridgehead atoms. The van der Waals surface area contributed by atoms with E-state index in [1.54, 1.807) is 24.0 Å². The molecule has 110 valence electrons. The zero-order chi connectivity index (χ0) is 14.4. The van der Waals surface area contributed by atoms with Crippen molar-refractivity contribution in [3.63, 3.8) is 0 Å². The maximum atomic E-state index is 12.2. The lowest BCUT2D eigenvalue weighted by atomic mass is 9.95. The third-order valence-electron chi connectivity index (χ3n) is 3.92. The average Bonchev–Trinajstić information content (AvgIpc) is 2.72. The summed E-state index contributed by atoms with van der Waals surface area (Å²) in [6.45, 7) is 0.147. The predicted octanol–water partition coefficient (Wildman–Crippen LogP) is 2.47. The lowest BCUT2D eigenvalue weighted by molar-refractivity contribution is 0.0899. The molecule has 5 heteroatoms. The van der Waals surface area contributed by atoms with E-state index < -0.39 is 0 Å². The number of pyridine rings is 1. The van der Waals surface area contributed by atoms with Gasteiger partial charge in [0.2, 0.25) is 0 Å². The number of amides is 1. The van der Waals surface area contributed by atoms with Crippen LogP contribution in [0.25, 0.3) is 0 Å². The Kier molecular flexibility index (Phi) is 5.86. The van der Waals surface area contributed by atoms with Crippen molar-refractivity contribution in [2.24, 2.45) is 5.92 Å². The summed E-state index contributed by atoms with van der Waals surface area (Å²) in [6.07, 6.45) is 8.96. The Morgan fingerprint density at radius 3 is 2.85 bits per heavy atom. The number of aliphatic hydroxyl groups excluding tert-OH is 1. The Hall–Kier alpha value is -1.07. The average molecular weight is 294 g/mol. The van der Waals surface area contributed by atoms with Gasteiger partial charge in [0.05, 0.1) is 10.6 Å². The summed E-state index contributed by atoms with van der Waals surface area (Å²) in [5.41, 5.74) is 0.587. The minimum absolute atomic E-state index is 0.0789. The van der Waals surface area contributed by atoms with Crippen molar-refractivity contribution in [2.45, 2.75) is 43.2 Å². The molecule has 1 aliphatic rings. The monoisotopic (exact) mass is 294 g/mol. The van der Waals surface area contributed by atoms with Crippen LogP contribution in [-0.2, 0) is 0 Å². The van der Waals surface area contributed by atoms with Gasteiger partial charge in [0.25, 0.3) is 5.91 Å². The van der Waals surface area contributed by atoms with Gasteiger partial charge in [0.15, 0.2) is 0 Å². The Morgan fingerprint density at radius 1 is 1.40 bits per heavy atom. The molecule has 1 fully saturated rings. The van der Waals surface area contributed by atoms with Gasteiger partial charge in [-0.05, 0) is 31.2 Å². The second-order valence-electron chi connectivity index (χ2n) is 5.25. The van der Waals surface area contributed by atoms with Crippen LogP contribution in [0.5, 0.6) is 0 Å². The molecule has 0 radical (unpaired) electrons. The maximum absolute atomic E-state index is 12.2. The molecule has 2 unspecified atom stereocenters. The second kappa shape index (κ2) is 7.64. The van der Waals surface area contributed by atoms with Crippen molar-refractivity contribution in [3.8, 4) is 0 Å². The molecule has 1 heterocycles. The quantitative estimate of drug-likeness (QED) is 0.661. The minimum Gasteiger partial charge on any atom is -0.396 e. The highest BCUT2D eigenvalue weighted by Crippen LogP contribution is 2.23. The first kappa shape index (κ1) is 15.3. The van der Waals surface area contributed by atoms with Crippen LogP contribution in [-0.4, -0.2) is 34.9 Å². The zero-order valence-electron chi connectivity index (χ0n) is 11.8. The van der Waals surface area contributed by atoms with Gasteiger partial charge in [-0.15, -0.1) is 11.8 Å². The molecular formula is C15H22N2O2S. The number of hydrogen-bond donors (Lipinski definition) is 2. The van der Waals surface area contributed by atoms with Crippen LogP contribution in [0.1, 0.15) is 42.5 Å². The molecule has 4 nitrogen and oxygen atoms in total. The van der Waals surface area contributed by atoms with E-state index in [2.05, 4.69) is 10.3 Å². The van der Waals surface area contributed by atoms with Crippen molar-refractivity contribution in [1.29, 1.82) is 0 Å². The van der Waals surface area contributed by atoms with Crippen LogP contribution in [0.15, 0.2) is 23.4 Å². The number of hydrogen-bond acceptors (Lipinski definition) is 4. The number of carbonyl (C=O) groups is 1.